The monoisotopic (exact) mass is 210 g/mol. The van der Waals surface area contributed by atoms with E-state index in [0.29, 0.717) is 0 Å². The number of hydrogen-bond donors (Lipinski definition) is 2. The molecule has 0 radical (unpaired) electrons. The lowest BCUT2D eigenvalue weighted by Gasteiger charge is -2.05. The number of nitrogens with zero attached hydrogens (tertiary/aromatic N) is 2. The van der Waals surface area contributed by atoms with Crippen LogP contribution in [0.2, 0.25) is 0 Å². The molecule has 0 aromatic carbocycles. The molecule has 0 spiro atoms. The van der Waals surface area contributed by atoms with Crippen molar-refractivity contribution in [2.24, 2.45) is 0 Å². The van der Waals surface area contributed by atoms with Crippen LogP contribution in [0.5, 0.6) is 0 Å². The molecule has 84 valence electrons. The van der Waals surface area contributed by atoms with Crippen LogP contribution in [0.3, 0.4) is 0 Å². The number of ether oxygens (including phenoxy) is 1. The van der Waals surface area contributed by atoms with Gasteiger partial charge in [-0.25, -0.2) is 0 Å². The van der Waals surface area contributed by atoms with Crippen LogP contribution in [-0.2, 0) is 11.3 Å². The first-order valence-electron chi connectivity index (χ1n) is 5.09. The second-order valence-electron chi connectivity index (χ2n) is 3.17. The van der Waals surface area contributed by atoms with Crippen molar-refractivity contribution in [1.29, 1.82) is 0 Å². The van der Waals surface area contributed by atoms with Crippen LogP contribution in [0.4, 0.5) is 0 Å². The summed E-state index contributed by atoms with van der Waals surface area (Å²) in [7, 11) is 1.70. The van der Waals surface area contributed by atoms with Crippen molar-refractivity contribution in [1.82, 2.24) is 20.8 Å². The van der Waals surface area contributed by atoms with Crippen molar-refractivity contribution in [3.63, 3.8) is 0 Å². The molecule has 0 aliphatic rings. The number of methoxy groups -OCH3 is 1. The summed E-state index contributed by atoms with van der Waals surface area (Å²) in [6, 6.07) is 1.96. The molecule has 0 amide bonds. The molecule has 0 aliphatic carbocycles. The van der Waals surface area contributed by atoms with Gasteiger partial charge in [0.05, 0.1) is 12.8 Å². The minimum Gasteiger partial charge on any atom is -0.383 e. The quantitative estimate of drug-likeness (QED) is 0.582. The molecule has 0 fully saturated rings. The Kier molecular flexibility index (Phi) is 6.64. The van der Waals surface area contributed by atoms with Gasteiger partial charge in [0.15, 0.2) is 0 Å². The summed E-state index contributed by atoms with van der Waals surface area (Å²) in [4.78, 5) is 0. The van der Waals surface area contributed by atoms with Gasteiger partial charge in [-0.1, -0.05) is 0 Å². The second-order valence-corrected chi connectivity index (χ2v) is 3.17. The number of hydrogen-bond acceptors (Lipinski definition) is 5. The smallest absolute Gasteiger partial charge is 0.0587 e. The van der Waals surface area contributed by atoms with Crippen molar-refractivity contribution in [2.75, 3.05) is 33.4 Å². The van der Waals surface area contributed by atoms with E-state index in [1.807, 2.05) is 6.07 Å². The summed E-state index contributed by atoms with van der Waals surface area (Å²) in [5.74, 6) is 0. The number of nitrogens with one attached hydrogen (secondary N) is 2. The maximum absolute atomic E-state index is 4.92. The van der Waals surface area contributed by atoms with Gasteiger partial charge >= 0.3 is 0 Å². The molecule has 1 rings (SSSR count). The van der Waals surface area contributed by atoms with E-state index in [4.69, 9.17) is 4.74 Å². The Morgan fingerprint density at radius 1 is 1.20 bits per heavy atom. The summed E-state index contributed by atoms with van der Waals surface area (Å²) in [6.45, 7) is 4.37. The Bertz CT molecular complexity index is 242. The minimum atomic E-state index is 0.758. The van der Waals surface area contributed by atoms with Gasteiger partial charge in [-0.05, 0) is 11.6 Å². The van der Waals surface area contributed by atoms with Crippen LogP contribution < -0.4 is 10.6 Å². The summed E-state index contributed by atoms with van der Waals surface area (Å²) < 4.78 is 4.92. The zero-order chi connectivity index (χ0) is 10.8. The van der Waals surface area contributed by atoms with E-state index >= 15 is 0 Å². The lowest BCUT2D eigenvalue weighted by atomic mass is 10.3. The summed E-state index contributed by atoms with van der Waals surface area (Å²) in [5.41, 5.74) is 1.15. The van der Waals surface area contributed by atoms with Gasteiger partial charge in [-0.15, -0.1) is 0 Å². The molecule has 0 unspecified atom stereocenters. The first-order valence-corrected chi connectivity index (χ1v) is 5.09. The van der Waals surface area contributed by atoms with Crippen molar-refractivity contribution < 1.29 is 4.74 Å². The first-order chi connectivity index (χ1) is 7.43. The molecule has 5 nitrogen and oxygen atoms in total. The average molecular weight is 210 g/mol. The Morgan fingerprint density at radius 3 is 2.80 bits per heavy atom. The molecule has 0 atom stereocenters. The fraction of sp³-hybridized carbons (Fsp3) is 0.600. The summed E-state index contributed by atoms with van der Waals surface area (Å²) in [6.07, 6.45) is 3.47. The minimum absolute atomic E-state index is 0.758. The molecule has 1 aromatic heterocycles. The third-order valence-corrected chi connectivity index (χ3v) is 1.94. The zero-order valence-corrected chi connectivity index (χ0v) is 9.07. The standard InChI is InChI=1S/C10H18N4O/c1-15-7-6-11-4-5-12-8-10-2-3-13-14-9-10/h2-3,9,11-12H,4-8H2,1H3. The van der Waals surface area contributed by atoms with Crippen LogP contribution in [0.15, 0.2) is 18.5 Å². The molecule has 0 bridgehead atoms. The lowest BCUT2D eigenvalue weighted by molar-refractivity contribution is 0.199. The molecule has 1 heterocycles. The maximum Gasteiger partial charge on any atom is 0.0587 e. The van der Waals surface area contributed by atoms with Crippen LogP contribution in [0.1, 0.15) is 5.56 Å². The second kappa shape index (κ2) is 8.28. The number of aromatic nitrogens is 2. The number of rotatable bonds is 8. The third kappa shape index (κ3) is 6.11. The first kappa shape index (κ1) is 12.0. The highest BCUT2D eigenvalue weighted by Crippen LogP contribution is 1.91. The van der Waals surface area contributed by atoms with E-state index in [1.54, 1.807) is 19.5 Å². The Morgan fingerprint density at radius 2 is 2.07 bits per heavy atom. The summed E-state index contributed by atoms with van der Waals surface area (Å²) in [5, 5.41) is 14.1. The molecule has 15 heavy (non-hydrogen) atoms. The fourth-order valence-electron chi connectivity index (χ4n) is 1.13. The average Bonchev–Trinajstić information content (AvgIpc) is 2.29. The van der Waals surface area contributed by atoms with E-state index in [2.05, 4.69) is 20.8 Å². The largest absolute Gasteiger partial charge is 0.383 e. The van der Waals surface area contributed by atoms with Gasteiger partial charge in [0.25, 0.3) is 0 Å². The molecule has 0 aliphatic heterocycles. The van der Waals surface area contributed by atoms with Crippen LogP contribution >= 0.6 is 0 Å². The maximum atomic E-state index is 4.92. The van der Waals surface area contributed by atoms with Gasteiger partial charge in [0, 0.05) is 39.5 Å². The lowest BCUT2D eigenvalue weighted by Crippen LogP contribution is -2.29. The van der Waals surface area contributed by atoms with Gasteiger partial charge in [0.2, 0.25) is 0 Å². The van der Waals surface area contributed by atoms with Gasteiger partial charge in [-0.3, -0.25) is 0 Å². The van der Waals surface area contributed by atoms with Crippen LogP contribution in [0.25, 0.3) is 0 Å². The van der Waals surface area contributed by atoms with Gasteiger partial charge in [-0.2, -0.15) is 10.2 Å². The predicted molar refractivity (Wildman–Crippen MR) is 58.5 cm³/mol. The molecule has 5 heteroatoms. The Balaban J connectivity index is 1.93. The SMILES string of the molecule is COCCNCCNCc1ccnnc1. The Labute approximate surface area is 90.2 Å². The topological polar surface area (TPSA) is 59.1 Å². The van der Waals surface area contributed by atoms with E-state index in [-0.39, 0.29) is 0 Å². The third-order valence-electron chi connectivity index (χ3n) is 1.94. The van der Waals surface area contributed by atoms with Crippen LogP contribution in [0, 0.1) is 0 Å². The Hall–Kier alpha value is -1.04. The van der Waals surface area contributed by atoms with E-state index in [9.17, 15) is 0 Å². The van der Waals surface area contributed by atoms with E-state index in [0.717, 1.165) is 38.3 Å². The molecule has 0 saturated carbocycles. The molecule has 0 saturated heterocycles. The highest BCUT2D eigenvalue weighted by molar-refractivity contribution is 5.04. The van der Waals surface area contributed by atoms with Gasteiger partial charge < -0.3 is 15.4 Å². The fourth-order valence-corrected chi connectivity index (χ4v) is 1.13. The van der Waals surface area contributed by atoms with Crippen molar-refractivity contribution >= 4 is 0 Å². The van der Waals surface area contributed by atoms with E-state index in [1.165, 1.54) is 0 Å². The highest BCUT2D eigenvalue weighted by Gasteiger charge is 1.91. The van der Waals surface area contributed by atoms with Crippen molar-refractivity contribution in [3.8, 4) is 0 Å². The molecular weight excluding hydrogens is 192 g/mol. The molecular formula is C10H18N4O. The van der Waals surface area contributed by atoms with Crippen LogP contribution in [-0.4, -0.2) is 43.5 Å². The molecule has 2 N–H and O–H groups in total. The van der Waals surface area contributed by atoms with Crippen molar-refractivity contribution in [2.45, 2.75) is 6.54 Å². The van der Waals surface area contributed by atoms with E-state index < -0.39 is 0 Å². The zero-order valence-electron chi connectivity index (χ0n) is 9.07. The highest BCUT2D eigenvalue weighted by atomic mass is 16.5. The normalized spacial score (nSPS) is 10.5. The predicted octanol–water partition coefficient (Wildman–Crippen LogP) is -0.198. The van der Waals surface area contributed by atoms with Crippen molar-refractivity contribution in [3.05, 3.63) is 24.0 Å². The van der Waals surface area contributed by atoms with Gasteiger partial charge in [0.1, 0.15) is 0 Å². The summed E-state index contributed by atoms with van der Waals surface area (Å²) >= 11 is 0. The molecule has 1 aromatic rings.